The Morgan fingerprint density at radius 1 is 1.50 bits per heavy atom. The molecular formula is C12H16ClNO5S. The van der Waals surface area contributed by atoms with Crippen LogP contribution in [-0.4, -0.2) is 39.3 Å². The standard InChI is InChI=1S/C12H16ClNO5S/c1-3-9(7-15)14-20(17,18)11-6-8(12(16)19-2)4-5-10(11)13/h4-6,9,14-15H,3,7H2,1-2H3/t9-/m0/s1. The van der Waals surface area contributed by atoms with Gasteiger partial charge in [-0.05, 0) is 24.6 Å². The highest BCUT2D eigenvalue weighted by Gasteiger charge is 2.23. The normalized spacial score (nSPS) is 13.0. The molecule has 0 saturated carbocycles. The van der Waals surface area contributed by atoms with Crippen LogP contribution < -0.4 is 4.72 Å². The van der Waals surface area contributed by atoms with Gasteiger partial charge in [0.2, 0.25) is 10.0 Å². The molecule has 0 aromatic heterocycles. The zero-order valence-corrected chi connectivity index (χ0v) is 12.7. The fraction of sp³-hybridized carbons (Fsp3) is 0.417. The van der Waals surface area contributed by atoms with E-state index in [-0.39, 0.29) is 22.1 Å². The predicted molar refractivity (Wildman–Crippen MR) is 74.3 cm³/mol. The fourth-order valence-corrected chi connectivity index (χ4v) is 3.32. The summed E-state index contributed by atoms with van der Waals surface area (Å²) in [4.78, 5) is 11.2. The summed E-state index contributed by atoms with van der Waals surface area (Å²) < 4.78 is 31.2. The van der Waals surface area contributed by atoms with E-state index in [2.05, 4.69) is 9.46 Å². The van der Waals surface area contributed by atoms with Gasteiger partial charge in [0.05, 0.1) is 24.3 Å². The van der Waals surface area contributed by atoms with Gasteiger partial charge in [-0.15, -0.1) is 0 Å². The van der Waals surface area contributed by atoms with Crippen molar-refractivity contribution in [2.24, 2.45) is 0 Å². The number of hydrogen-bond acceptors (Lipinski definition) is 5. The van der Waals surface area contributed by atoms with Crippen LogP contribution in [-0.2, 0) is 14.8 Å². The van der Waals surface area contributed by atoms with Gasteiger partial charge in [-0.2, -0.15) is 0 Å². The average Bonchev–Trinajstić information content (AvgIpc) is 2.44. The van der Waals surface area contributed by atoms with Crippen LogP contribution in [0, 0.1) is 0 Å². The molecule has 1 rings (SSSR count). The number of aliphatic hydroxyl groups excluding tert-OH is 1. The molecule has 0 heterocycles. The SMILES string of the molecule is CC[C@@H](CO)NS(=O)(=O)c1cc(C(=O)OC)ccc1Cl. The van der Waals surface area contributed by atoms with Gasteiger partial charge in [0.25, 0.3) is 0 Å². The quantitative estimate of drug-likeness (QED) is 0.767. The minimum absolute atomic E-state index is 0.0158. The first-order chi connectivity index (χ1) is 9.35. The molecule has 0 aliphatic rings. The molecule has 0 saturated heterocycles. The van der Waals surface area contributed by atoms with Crippen molar-refractivity contribution in [2.75, 3.05) is 13.7 Å². The lowest BCUT2D eigenvalue weighted by molar-refractivity contribution is 0.0600. The Hall–Kier alpha value is -1.15. The van der Waals surface area contributed by atoms with Crippen LogP contribution in [0.2, 0.25) is 5.02 Å². The molecule has 2 N–H and O–H groups in total. The van der Waals surface area contributed by atoms with Crippen LogP contribution in [0.1, 0.15) is 23.7 Å². The molecule has 0 unspecified atom stereocenters. The third-order valence-electron chi connectivity index (χ3n) is 2.68. The second-order valence-corrected chi connectivity index (χ2v) is 6.14. The first-order valence-electron chi connectivity index (χ1n) is 5.86. The summed E-state index contributed by atoms with van der Waals surface area (Å²) in [5.41, 5.74) is 0.0781. The predicted octanol–water partition coefficient (Wildman–Crippen LogP) is 1.18. The summed E-state index contributed by atoms with van der Waals surface area (Å²) in [5.74, 6) is -0.660. The number of carbonyl (C=O) groups is 1. The van der Waals surface area contributed by atoms with Gasteiger partial charge in [-0.3, -0.25) is 0 Å². The van der Waals surface area contributed by atoms with Crippen LogP contribution in [0.25, 0.3) is 0 Å². The molecule has 20 heavy (non-hydrogen) atoms. The number of rotatable bonds is 6. The summed E-state index contributed by atoms with van der Waals surface area (Å²) in [7, 11) is -2.73. The van der Waals surface area contributed by atoms with Crippen molar-refractivity contribution in [3.05, 3.63) is 28.8 Å². The lowest BCUT2D eigenvalue weighted by atomic mass is 10.2. The highest BCUT2D eigenvalue weighted by Crippen LogP contribution is 2.23. The number of methoxy groups -OCH3 is 1. The smallest absolute Gasteiger partial charge is 0.337 e. The number of hydrogen-bond donors (Lipinski definition) is 2. The lowest BCUT2D eigenvalue weighted by Crippen LogP contribution is -2.37. The molecule has 1 atom stereocenters. The Bertz CT molecular complexity index is 584. The highest BCUT2D eigenvalue weighted by molar-refractivity contribution is 7.89. The maximum Gasteiger partial charge on any atom is 0.337 e. The van der Waals surface area contributed by atoms with E-state index in [1.807, 2.05) is 0 Å². The lowest BCUT2D eigenvalue weighted by Gasteiger charge is -2.15. The molecule has 0 fully saturated rings. The first kappa shape index (κ1) is 16.9. The number of aliphatic hydroxyl groups is 1. The third-order valence-corrected chi connectivity index (χ3v) is 4.68. The molecule has 0 spiro atoms. The van der Waals surface area contributed by atoms with Gasteiger partial charge in [-0.25, -0.2) is 17.9 Å². The number of esters is 1. The van der Waals surface area contributed by atoms with Gasteiger partial charge in [0.15, 0.2) is 0 Å². The Labute approximate surface area is 122 Å². The fourth-order valence-electron chi connectivity index (χ4n) is 1.49. The zero-order chi connectivity index (χ0) is 15.3. The van der Waals surface area contributed by atoms with E-state index in [0.29, 0.717) is 6.42 Å². The minimum atomic E-state index is -3.93. The van der Waals surface area contributed by atoms with E-state index in [4.69, 9.17) is 16.7 Å². The summed E-state index contributed by atoms with van der Waals surface area (Å²) in [6.07, 6.45) is 0.421. The Balaban J connectivity index is 3.20. The molecule has 112 valence electrons. The third kappa shape index (κ3) is 3.92. The van der Waals surface area contributed by atoms with Crippen LogP contribution in [0.15, 0.2) is 23.1 Å². The molecule has 0 amide bonds. The zero-order valence-electron chi connectivity index (χ0n) is 11.1. The molecule has 0 aliphatic heterocycles. The first-order valence-corrected chi connectivity index (χ1v) is 7.72. The molecule has 8 heteroatoms. The Morgan fingerprint density at radius 2 is 2.15 bits per heavy atom. The van der Waals surface area contributed by atoms with Gasteiger partial charge in [-0.1, -0.05) is 18.5 Å². The van der Waals surface area contributed by atoms with Crippen molar-refractivity contribution in [2.45, 2.75) is 24.3 Å². The topological polar surface area (TPSA) is 92.7 Å². The molecule has 0 aliphatic carbocycles. The van der Waals surface area contributed by atoms with Crippen LogP contribution in [0.3, 0.4) is 0 Å². The second-order valence-electron chi connectivity index (χ2n) is 4.05. The Kier molecular flexibility index (Phi) is 5.94. The molecule has 0 radical (unpaired) electrons. The maximum absolute atomic E-state index is 12.2. The van der Waals surface area contributed by atoms with Crippen molar-refractivity contribution in [3.8, 4) is 0 Å². The van der Waals surface area contributed by atoms with Crippen molar-refractivity contribution in [3.63, 3.8) is 0 Å². The number of sulfonamides is 1. The van der Waals surface area contributed by atoms with E-state index in [9.17, 15) is 13.2 Å². The molecule has 1 aromatic rings. The van der Waals surface area contributed by atoms with E-state index in [1.165, 1.54) is 19.2 Å². The molecule has 1 aromatic carbocycles. The van der Waals surface area contributed by atoms with E-state index >= 15 is 0 Å². The number of carbonyl (C=O) groups excluding carboxylic acids is 1. The second kappa shape index (κ2) is 7.03. The summed E-state index contributed by atoms with van der Waals surface area (Å²) in [6.45, 7) is 1.40. The van der Waals surface area contributed by atoms with Crippen molar-refractivity contribution in [1.82, 2.24) is 4.72 Å². The number of benzene rings is 1. The van der Waals surface area contributed by atoms with Gasteiger partial charge in [0, 0.05) is 6.04 Å². The van der Waals surface area contributed by atoms with Crippen LogP contribution in [0.5, 0.6) is 0 Å². The van der Waals surface area contributed by atoms with Crippen molar-refractivity contribution in [1.29, 1.82) is 0 Å². The summed E-state index contributed by atoms with van der Waals surface area (Å²) >= 11 is 5.86. The van der Waals surface area contributed by atoms with E-state index < -0.39 is 22.0 Å². The minimum Gasteiger partial charge on any atom is -0.465 e. The molecule has 0 bridgehead atoms. The summed E-state index contributed by atoms with van der Waals surface area (Å²) in [5, 5.41) is 9.04. The van der Waals surface area contributed by atoms with Gasteiger partial charge >= 0.3 is 5.97 Å². The molecular weight excluding hydrogens is 306 g/mol. The monoisotopic (exact) mass is 321 g/mol. The number of ether oxygens (including phenoxy) is 1. The van der Waals surface area contributed by atoms with Gasteiger partial charge < -0.3 is 9.84 Å². The largest absolute Gasteiger partial charge is 0.465 e. The van der Waals surface area contributed by atoms with Crippen LogP contribution >= 0.6 is 11.6 Å². The summed E-state index contributed by atoms with van der Waals surface area (Å²) in [6, 6.07) is 3.21. The average molecular weight is 322 g/mol. The van der Waals surface area contributed by atoms with Crippen molar-refractivity contribution >= 4 is 27.6 Å². The number of halogens is 1. The maximum atomic E-state index is 12.2. The van der Waals surface area contributed by atoms with Crippen molar-refractivity contribution < 1.29 is 23.1 Å². The number of nitrogens with one attached hydrogen (secondary N) is 1. The van der Waals surface area contributed by atoms with E-state index in [1.54, 1.807) is 6.92 Å². The van der Waals surface area contributed by atoms with Gasteiger partial charge in [0.1, 0.15) is 4.90 Å². The molecule has 6 nitrogen and oxygen atoms in total. The highest BCUT2D eigenvalue weighted by atomic mass is 35.5. The van der Waals surface area contributed by atoms with E-state index in [0.717, 1.165) is 6.07 Å². The Morgan fingerprint density at radius 3 is 2.65 bits per heavy atom. The van der Waals surface area contributed by atoms with Crippen LogP contribution in [0.4, 0.5) is 0 Å².